The quantitative estimate of drug-likeness (QED) is 0.106. The molecule has 4 heteroatoms. The van der Waals surface area contributed by atoms with Crippen LogP contribution < -0.4 is 9.47 Å². The van der Waals surface area contributed by atoms with Crippen molar-refractivity contribution in [2.24, 2.45) is 0 Å². The van der Waals surface area contributed by atoms with Gasteiger partial charge in [-0.05, 0) is 95.8 Å². The molecule has 0 fully saturated rings. The van der Waals surface area contributed by atoms with Gasteiger partial charge in [0.15, 0.2) is 0 Å². The molecule has 8 rings (SSSR count). The molecule has 0 saturated heterocycles. The zero-order chi connectivity index (χ0) is 34.5. The molecular formula is C46H34O4. The Morgan fingerprint density at radius 3 is 1.10 bits per heavy atom. The van der Waals surface area contributed by atoms with Crippen LogP contribution in [0.25, 0.3) is 54.2 Å². The number of benzene rings is 8. The Morgan fingerprint density at radius 1 is 0.380 bits per heavy atom. The lowest BCUT2D eigenvalue weighted by Crippen LogP contribution is -2.10. The zero-order valence-corrected chi connectivity index (χ0v) is 28.3. The third-order valence-electron chi connectivity index (χ3n) is 9.63. The van der Waals surface area contributed by atoms with Crippen molar-refractivity contribution < 1.29 is 19.1 Å². The number of rotatable bonds is 5. The molecule has 0 aromatic heterocycles. The second-order valence-corrected chi connectivity index (χ2v) is 13.0. The fraction of sp³-hybridized carbons (Fsp3) is 0.0870. The molecule has 8 aromatic carbocycles. The van der Waals surface area contributed by atoms with E-state index in [0.717, 1.165) is 76.5 Å². The van der Waals surface area contributed by atoms with Crippen molar-refractivity contribution in [2.45, 2.75) is 27.7 Å². The maximum Gasteiger partial charge on any atom is 0.343 e. The summed E-state index contributed by atoms with van der Waals surface area (Å²) in [6.45, 7) is 8.09. The van der Waals surface area contributed by atoms with Crippen LogP contribution in [-0.4, -0.2) is 11.9 Å². The van der Waals surface area contributed by atoms with Crippen LogP contribution in [0.5, 0.6) is 11.5 Å². The highest BCUT2D eigenvalue weighted by molar-refractivity contribution is 6.27. The average Bonchev–Trinajstić information content (AvgIpc) is 3.12. The van der Waals surface area contributed by atoms with Crippen molar-refractivity contribution in [2.75, 3.05) is 0 Å². The summed E-state index contributed by atoms with van der Waals surface area (Å²) in [5, 5.41) is 7.27. The van der Waals surface area contributed by atoms with Gasteiger partial charge in [0.2, 0.25) is 0 Å². The van der Waals surface area contributed by atoms with Gasteiger partial charge in [0.25, 0.3) is 0 Å². The first-order chi connectivity index (χ1) is 24.3. The van der Waals surface area contributed by atoms with Crippen LogP contribution in [0.1, 0.15) is 43.0 Å². The third-order valence-corrected chi connectivity index (χ3v) is 9.63. The molecule has 0 unspecified atom stereocenters. The molecule has 0 heterocycles. The second-order valence-electron chi connectivity index (χ2n) is 13.0. The maximum atomic E-state index is 13.6. The summed E-state index contributed by atoms with van der Waals surface area (Å²) in [4.78, 5) is 27.3. The minimum atomic E-state index is -0.404. The lowest BCUT2D eigenvalue weighted by Gasteiger charge is -2.22. The first-order valence-corrected chi connectivity index (χ1v) is 16.8. The van der Waals surface area contributed by atoms with Crippen LogP contribution in [0, 0.1) is 27.7 Å². The highest BCUT2D eigenvalue weighted by Crippen LogP contribution is 2.51. The standard InChI is InChI=1S/C46H34O4/c1-27-19-23-31(24-20-27)45(47)49-43-35-15-7-5-13-33(35)41(37-17-9-11-29(3)39(37)43)42-34-14-6-8-16-36(34)44(40-30(4)12-10-18-38(40)42)50-46(48)32-25-21-28(2)22-26-32/h5-26H,1-4H3. The van der Waals surface area contributed by atoms with Gasteiger partial charge in [-0.2, -0.15) is 0 Å². The Labute approximate surface area is 290 Å². The van der Waals surface area contributed by atoms with Gasteiger partial charge in [0.05, 0.1) is 11.1 Å². The number of carbonyl (C=O) groups is 2. The number of hydrogen-bond acceptors (Lipinski definition) is 4. The van der Waals surface area contributed by atoms with E-state index in [1.807, 2.05) is 74.5 Å². The Hall–Kier alpha value is -6.26. The monoisotopic (exact) mass is 650 g/mol. The van der Waals surface area contributed by atoms with Crippen molar-refractivity contribution >= 4 is 55.0 Å². The summed E-state index contributed by atoms with van der Waals surface area (Å²) in [5.41, 5.74) is 7.17. The van der Waals surface area contributed by atoms with Crippen LogP contribution >= 0.6 is 0 Å². The molecular weight excluding hydrogens is 617 g/mol. The van der Waals surface area contributed by atoms with Crippen LogP contribution in [0.2, 0.25) is 0 Å². The molecule has 0 saturated carbocycles. The van der Waals surface area contributed by atoms with Crippen molar-refractivity contribution in [3.63, 3.8) is 0 Å². The van der Waals surface area contributed by atoms with Crippen LogP contribution in [0.3, 0.4) is 0 Å². The molecule has 8 aromatic rings. The van der Waals surface area contributed by atoms with Gasteiger partial charge in [-0.3, -0.25) is 0 Å². The third kappa shape index (κ3) is 5.17. The van der Waals surface area contributed by atoms with Gasteiger partial charge in [-0.15, -0.1) is 0 Å². The molecule has 0 radical (unpaired) electrons. The van der Waals surface area contributed by atoms with E-state index in [1.165, 1.54) is 0 Å². The Bertz CT molecular complexity index is 2460. The van der Waals surface area contributed by atoms with Crippen LogP contribution in [0.15, 0.2) is 133 Å². The lowest BCUT2D eigenvalue weighted by atomic mass is 9.84. The molecule has 4 nitrogen and oxygen atoms in total. The summed E-state index contributed by atoms with van der Waals surface area (Å²) < 4.78 is 12.7. The number of ether oxygens (including phenoxy) is 2. The number of esters is 2. The molecule has 0 atom stereocenters. The molecule has 50 heavy (non-hydrogen) atoms. The maximum absolute atomic E-state index is 13.6. The van der Waals surface area contributed by atoms with Gasteiger partial charge >= 0.3 is 11.9 Å². The molecule has 0 N–H and O–H groups in total. The molecule has 0 spiro atoms. The van der Waals surface area contributed by atoms with E-state index in [2.05, 4.69) is 62.4 Å². The Kier molecular flexibility index (Phi) is 7.65. The molecule has 242 valence electrons. The zero-order valence-electron chi connectivity index (χ0n) is 28.3. The lowest BCUT2D eigenvalue weighted by molar-refractivity contribution is 0.0730. The van der Waals surface area contributed by atoms with E-state index >= 15 is 0 Å². The highest BCUT2D eigenvalue weighted by Gasteiger charge is 2.25. The number of fused-ring (bicyclic) bond motifs is 4. The fourth-order valence-electron chi connectivity index (χ4n) is 7.15. The van der Waals surface area contributed by atoms with Crippen LogP contribution in [0.4, 0.5) is 0 Å². The number of aryl methyl sites for hydroxylation is 4. The topological polar surface area (TPSA) is 52.6 Å². The van der Waals surface area contributed by atoms with E-state index in [0.29, 0.717) is 22.6 Å². The Morgan fingerprint density at radius 2 is 0.720 bits per heavy atom. The van der Waals surface area contributed by atoms with E-state index in [9.17, 15) is 9.59 Å². The van der Waals surface area contributed by atoms with E-state index in [-0.39, 0.29) is 0 Å². The van der Waals surface area contributed by atoms with Crippen molar-refractivity contribution in [3.8, 4) is 22.6 Å². The smallest absolute Gasteiger partial charge is 0.343 e. The Balaban J connectivity index is 1.44. The van der Waals surface area contributed by atoms with Crippen LogP contribution in [-0.2, 0) is 0 Å². The van der Waals surface area contributed by atoms with Crippen molar-refractivity contribution in [3.05, 3.63) is 167 Å². The number of carbonyl (C=O) groups excluding carboxylic acids is 2. The molecule has 0 aliphatic carbocycles. The summed E-state index contributed by atoms with van der Waals surface area (Å²) in [6.07, 6.45) is 0. The molecule has 0 aliphatic heterocycles. The van der Waals surface area contributed by atoms with Gasteiger partial charge in [0, 0.05) is 21.5 Å². The normalized spacial score (nSPS) is 11.4. The first-order valence-electron chi connectivity index (χ1n) is 16.8. The summed E-state index contributed by atoms with van der Waals surface area (Å²) in [6, 6.07) is 43.5. The van der Waals surface area contributed by atoms with Gasteiger partial charge in [0.1, 0.15) is 11.5 Å². The van der Waals surface area contributed by atoms with Gasteiger partial charge in [-0.1, -0.05) is 120 Å². The fourth-order valence-corrected chi connectivity index (χ4v) is 7.15. The molecule has 0 amide bonds. The molecule has 0 aliphatic rings. The minimum absolute atomic E-state index is 0.404. The molecule has 0 bridgehead atoms. The van der Waals surface area contributed by atoms with Crippen molar-refractivity contribution in [1.29, 1.82) is 0 Å². The van der Waals surface area contributed by atoms with Gasteiger partial charge < -0.3 is 9.47 Å². The SMILES string of the molecule is Cc1ccc(C(=O)Oc2c3ccccc3c(-c3c4ccccc4c(OC(=O)c4ccc(C)cc4)c4c(C)cccc34)c3cccc(C)c23)cc1. The van der Waals surface area contributed by atoms with Gasteiger partial charge in [-0.25, -0.2) is 9.59 Å². The highest BCUT2D eigenvalue weighted by atomic mass is 16.5. The second kappa shape index (κ2) is 12.3. The average molecular weight is 651 g/mol. The van der Waals surface area contributed by atoms with E-state index < -0.39 is 11.9 Å². The van der Waals surface area contributed by atoms with E-state index in [1.54, 1.807) is 24.3 Å². The predicted molar refractivity (Wildman–Crippen MR) is 204 cm³/mol. The van der Waals surface area contributed by atoms with E-state index in [4.69, 9.17) is 9.47 Å². The largest absolute Gasteiger partial charge is 0.422 e. The summed E-state index contributed by atoms with van der Waals surface area (Å²) >= 11 is 0. The summed E-state index contributed by atoms with van der Waals surface area (Å²) in [7, 11) is 0. The first kappa shape index (κ1) is 31.0. The minimum Gasteiger partial charge on any atom is -0.422 e. The summed E-state index contributed by atoms with van der Waals surface area (Å²) in [5.74, 6) is 0.269. The number of hydrogen-bond donors (Lipinski definition) is 0. The van der Waals surface area contributed by atoms with Crippen molar-refractivity contribution in [1.82, 2.24) is 0 Å². The predicted octanol–water partition coefficient (Wildman–Crippen LogP) is 11.6.